The first-order valence-electron chi connectivity index (χ1n) is 5.88. The van der Waals surface area contributed by atoms with E-state index in [1.807, 2.05) is 0 Å². The average molecular weight is 255 g/mol. The van der Waals surface area contributed by atoms with Crippen LogP contribution in [0, 0.1) is 0 Å². The number of carboxylic acid groups (broad SMARTS) is 1. The third-order valence-corrected chi connectivity index (χ3v) is 4.28. The summed E-state index contributed by atoms with van der Waals surface area (Å²) in [7, 11) is 0. The summed E-state index contributed by atoms with van der Waals surface area (Å²) in [6.07, 6.45) is 1.57. The third-order valence-electron chi connectivity index (χ3n) is 2.64. The molecule has 0 aliphatic carbocycles. The van der Waals surface area contributed by atoms with Crippen molar-refractivity contribution >= 4 is 17.3 Å². The van der Waals surface area contributed by atoms with Gasteiger partial charge in [-0.25, -0.2) is 0 Å². The second kappa shape index (κ2) is 5.65. The van der Waals surface area contributed by atoms with Crippen LogP contribution < -0.4 is 5.73 Å². The summed E-state index contributed by atoms with van der Waals surface area (Å²) < 4.78 is 0. The minimum absolute atomic E-state index is 0.0320. The highest BCUT2D eigenvalue weighted by Crippen LogP contribution is 2.32. The van der Waals surface area contributed by atoms with E-state index in [1.54, 1.807) is 11.3 Å². The van der Waals surface area contributed by atoms with Crippen molar-refractivity contribution in [2.75, 3.05) is 0 Å². The van der Waals surface area contributed by atoms with Gasteiger partial charge in [0.05, 0.1) is 0 Å². The van der Waals surface area contributed by atoms with Gasteiger partial charge < -0.3 is 10.8 Å². The molecule has 17 heavy (non-hydrogen) atoms. The van der Waals surface area contributed by atoms with Crippen molar-refractivity contribution in [2.24, 2.45) is 5.73 Å². The fourth-order valence-electron chi connectivity index (χ4n) is 1.57. The fourth-order valence-corrected chi connectivity index (χ4v) is 2.67. The van der Waals surface area contributed by atoms with E-state index in [1.165, 1.54) is 4.88 Å². The average Bonchev–Trinajstić information content (AvgIpc) is 2.64. The molecular formula is C13H21NO2S. The molecule has 96 valence electrons. The van der Waals surface area contributed by atoms with Crippen LogP contribution in [0.5, 0.6) is 0 Å². The van der Waals surface area contributed by atoms with Crippen LogP contribution in [0.3, 0.4) is 0 Å². The number of carbonyl (C=O) groups is 1. The maximum Gasteiger partial charge on any atom is 0.303 e. The lowest BCUT2D eigenvalue weighted by atomic mass is 9.95. The second-order valence-electron chi connectivity index (χ2n) is 5.34. The zero-order valence-corrected chi connectivity index (χ0v) is 11.5. The van der Waals surface area contributed by atoms with E-state index in [2.05, 4.69) is 32.9 Å². The quantitative estimate of drug-likeness (QED) is 0.848. The molecule has 1 rings (SSSR count). The van der Waals surface area contributed by atoms with Crippen molar-refractivity contribution < 1.29 is 9.90 Å². The third kappa shape index (κ3) is 4.48. The van der Waals surface area contributed by atoms with Gasteiger partial charge in [-0.15, -0.1) is 11.3 Å². The van der Waals surface area contributed by atoms with Gasteiger partial charge >= 0.3 is 5.97 Å². The largest absolute Gasteiger partial charge is 0.481 e. The SMILES string of the molecule is CC(C)(C)c1ccc(C(N)CCCC(=O)O)s1. The summed E-state index contributed by atoms with van der Waals surface area (Å²) in [5.41, 5.74) is 6.21. The van der Waals surface area contributed by atoms with E-state index in [9.17, 15) is 4.79 Å². The van der Waals surface area contributed by atoms with Crippen LogP contribution in [-0.4, -0.2) is 11.1 Å². The number of rotatable bonds is 5. The first-order valence-corrected chi connectivity index (χ1v) is 6.70. The number of thiophene rings is 1. The number of hydrogen-bond donors (Lipinski definition) is 2. The molecule has 1 atom stereocenters. The van der Waals surface area contributed by atoms with E-state index in [4.69, 9.17) is 10.8 Å². The second-order valence-corrected chi connectivity index (χ2v) is 6.46. The van der Waals surface area contributed by atoms with Gasteiger partial charge in [0, 0.05) is 22.2 Å². The Kier molecular flexibility index (Phi) is 4.71. The van der Waals surface area contributed by atoms with E-state index >= 15 is 0 Å². The fraction of sp³-hybridized carbons (Fsp3) is 0.615. The lowest BCUT2D eigenvalue weighted by Crippen LogP contribution is -2.10. The van der Waals surface area contributed by atoms with Crippen molar-refractivity contribution in [2.45, 2.75) is 51.5 Å². The summed E-state index contributed by atoms with van der Waals surface area (Å²) in [4.78, 5) is 12.9. The van der Waals surface area contributed by atoms with Gasteiger partial charge in [0.15, 0.2) is 0 Å². The topological polar surface area (TPSA) is 63.3 Å². The lowest BCUT2D eigenvalue weighted by molar-refractivity contribution is -0.137. The Morgan fingerprint density at radius 1 is 1.47 bits per heavy atom. The van der Waals surface area contributed by atoms with Crippen LogP contribution in [0.25, 0.3) is 0 Å². The number of carboxylic acids is 1. The molecule has 0 aliphatic heterocycles. The van der Waals surface area contributed by atoms with Gasteiger partial charge in [0.25, 0.3) is 0 Å². The van der Waals surface area contributed by atoms with Gasteiger partial charge in [0.1, 0.15) is 0 Å². The van der Waals surface area contributed by atoms with Crippen LogP contribution >= 0.6 is 11.3 Å². The van der Waals surface area contributed by atoms with Gasteiger partial charge in [-0.1, -0.05) is 20.8 Å². The Labute approximate surface area is 107 Å². The van der Waals surface area contributed by atoms with E-state index < -0.39 is 5.97 Å². The highest BCUT2D eigenvalue weighted by Gasteiger charge is 2.18. The van der Waals surface area contributed by atoms with Gasteiger partial charge in [-0.05, 0) is 30.4 Å². The molecule has 1 unspecified atom stereocenters. The molecule has 3 nitrogen and oxygen atoms in total. The van der Waals surface area contributed by atoms with Crippen molar-refractivity contribution in [1.82, 2.24) is 0 Å². The molecule has 0 saturated heterocycles. The molecule has 0 radical (unpaired) electrons. The Morgan fingerprint density at radius 2 is 2.12 bits per heavy atom. The molecule has 0 fully saturated rings. The highest BCUT2D eigenvalue weighted by atomic mass is 32.1. The van der Waals surface area contributed by atoms with Crippen LogP contribution in [0.1, 0.15) is 55.8 Å². The summed E-state index contributed by atoms with van der Waals surface area (Å²) in [6, 6.07) is 4.16. The zero-order chi connectivity index (χ0) is 13.1. The maximum absolute atomic E-state index is 10.4. The van der Waals surface area contributed by atoms with E-state index in [0.717, 1.165) is 11.3 Å². The first-order chi connectivity index (χ1) is 7.80. The van der Waals surface area contributed by atoms with Crippen LogP contribution in [-0.2, 0) is 10.2 Å². The molecule has 0 aliphatic rings. The summed E-state index contributed by atoms with van der Waals surface area (Å²) in [5.74, 6) is -0.751. The van der Waals surface area contributed by atoms with Crippen molar-refractivity contribution in [3.05, 3.63) is 21.9 Å². The predicted octanol–water partition coefficient (Wildman–Crippen LogP) is 3.30. The van der Waals surface area contributed by atoms with Crippen LogP contribution in [0.4, 0.5) is 0 Å². The molecular weight excluding hydrogens is 234 g/mol. The van der Waals surface area contributed by atoms with E-state index in [0.29, 0.717) is 6.42 Å². The maximum atomic E-state index is 10.4. The Morgan fingerprint density at radius 3 is 2.59 bits per heavy atom. The van der Waals surface area contributed by atoms with E-state index in [-0.39, 0.29) is 17.9 Å². The minimum Gasteiger partial charge on any atom is -0.481 e. The van der Waals surface area contributed by atoms with Crippen LogP contribution in [0.2, 0.25) is 0 Å². The summed E-state index contributed by atoms with van der Waals surface area (Å²) in [6.45, 7) is 6.54. The first kappa shape index (κ1) is 14.2. The standard InChI is InChI=1S/C13H21NO2S/c1-13(2,3)11-8-7-10(17-11)9(14)5-4-6-12(15)16/h7-9H,4-6,14H2,1-3H3,(H,15,16). The Balaban J connectivity index is 2.55. The predicted molar refractivity (Wildman–Crippen MR) is 71.4 cm³/mol. The van der Waals surface area contributed by atoms with Crippen molar-refractivity contribution in [3.63, 3.8) is 0 Å². The molecule has 1 heterocycles. The van der Waals surface area contributed by atoms with Crippen molar-refractivity contribution in [1.29, 1.82) is 0 Å². The molecule has 3 N–H and O–H groups in total. The molecule has 0 bridgehead atoms. The molecule has 4 heteroatoms. The molecule has 0 amide bonds. The normalized spacial score (nSPS) is 13.6. The molecule has 0 saturated carbocycles. The molecule has 0 aromatic carbocycles. The van der Waals surface area contributed by atoms with Gasteiger partial charge in [0.2, 0.25) is 0 Å². The number of nitrogens with two attached hydrogens (primary N) is 1. The van der Waals surface area contributed by atoms with Crippen molar-refractivity contribution in [3.8, 4) is 0 Å². The lowest BCUT2D eigenvalue weighted by Gasteiger charge is -2.15. The number of hydrogen-bond acceptors (Lipinski definition) is 3. The summed E-state index contributed by atoms with van der Waals surface area (Å²) in [5, 5.41) is 8.57. The minimum atomic E-state index is -0.751. The highest BCUT2D eigenvalue weighted by molar-refractivity contribution is 7.12. The Hall–Kier alpha value is -0.870. The molecule has 1 aromatic heterocycles. The molecule has 0 spiro atoms. The smallest absolute Gasteiger partial charge is 0.303 e. The molecule has 1 aromatic rings. The number of aliphatic carboxylic acids is 1. The van der Waals surface area contributed by atoms with Gasteiger partial charge in [-0.3, -0.25) is 4.79 Å². The summed E-state index contributed by atoms with van der Waals surface area (Å²) >= 11 is 1.73. The van der Waals surface area contributed by atoms with Gasteiger partial charge in [-0.2, -0.15) is 0 Å². The Bertz CT molecular complexity index is 379. The zero-order valence-electron chi connectivity index (χ0n) is 10.7. The monoisotopic (exact) mass is 255 g/mol. The van der Waals surface area contributed by atoms with Crippen LogP contribution in [0.15, 0.2) is 12.1 Å².